The van der Waals surface area contributed by atoms with Crippen molar-refractivity contribution in [1.82, 2.24) is 0 Å². The van der Waals surface area contributed by atoms with Crippen LogP contribution in [0.4, 0.5) is 0 Å². The van der Waals surface area contributed by atoms with Gasteiger partial charge in [0.2, 0.25) is 0 Å². The fourth-order valence-corrected chi connectivity index (χ4v) is 0.472. The molecule has 0 saturated carbocycles. The molecule has 0 aliphatic carbocycles. The first kappa shape index (κ1) is 9.13. The predicted molar refractivity (Wildman–Crippen MR) is 36.5 cm³/mol. The van der Waals surface area contributed by atoms with Crippen molar-refractivity contribution >= 4 is 5.97 Å². The maximum atomic E-state index is 10.2. The molecule has 0 spiro atoms. The molecule has 0 heterocycles. The number of nitrogens with two attached hydrogens (primary N) is 1. The first-order valence-corrected chi connectivity index (χ1v) is 2.88. The van der Waals surface area contributed by atoms with Gasteiger partial charge in [-0.25, -0.2) is 4.79 Å². The van der Waals surface area contributed by atoms with Crippen LogP contribution in [0.15, 0.2) is 12.2 Å². The molecule has 58 valence electrons. The third-order valence-electron chi connectivity index (χ3n) is 1.16. The average Bonchev–Trinajstić information content (AvgIpc) is 1.87. The second-order valence-electron chi connectivity index (χ2n) is 1.95. The topological polar surface area (TPSA) is 83.5 Å². The molecular formula is C6H11NO3. The molecule has 0 bridgehead atoms. The number of hydrogen-bond acceptors (Lipinski definition) is 3. The van der Waals surface area contributed by atoms with E-state index in [9.17, 15) is 4.79 Å². The lowest BCUT2D eigenvalue weighted by Gasteiger charge is -2.07. The standard InChI is InChI=1S/C6H11NO3/c1-4(6(9)10)5(7)2-3-8/h5,8H,1-3,7H2,(H,9,10). The molecule has 1 unspecified atom stereocenters. The molecule has 0 aromatic heterocycles. The van der Waals surface area contributed by atoms with Crippen LogP contribution >= 0.6 is 0 Å². The Hall–Kier alpha value is -0.870. The van der Waals surface area contributed by atoms with Gasteiger partial charge in [-0.1, -0.05) is 6.58 Å². The van der Waals surface area contributed by atoms with E-state index < -0.39 is 12.0 Å². The number of rotatable bonds is 4. The van der Waals surface area contributed by atoms with Gasteiger partial charge in [0.1, 0.15) is 0 Å². The molecule has 10 heavy (non-hydrogen) atoms. The summed E-state index contributed by atoms with van der Waals surface area (Å²) >= 11 is 0. The minimum atomic E-state index is -1.11. The van der Waals surface area contributed by atoms with Crippen LogP contribution in [0.1, 0.15) is 6.42 Å². The van der Waals surface area contributed by atoms with E-state index in [4.69, 9.17) is 15.9 Å². The lowest BCUT2D eigenvalue weighted by atomic mass is 10.1. The van der Waals surface area contributed by atoms with E-state index >= 15 is 0 Å². The number of carboxylic acids is 1. The van der Waals surface area contributed by atoms with Crippen molar-refractivity contribution in [2.24, 2.45) is 5.73 Å². The summed E-state index contributed by atoms with van der Waals surface area (Å²) in [7, 11) is 0. The summed E-state index contributed by atoms with van der Waals surface area (Å²) in [5, 5.41) is 16.7. The van der Waals surface area contributed by atoms with E-state index in [0.717, 1.165) is 0 Å². The highest BCUT2D eigenvalue weighted by Gasteiger charge is 2.12. The van der Waals surface area contributed by atoms with Crippen molar-refractivity contribution < 1.29 is 15.0 Å². The molecule has 4 heteroatoms. The zero-order chi connectivity index (χ0) is 8.15. The smallest absolute Gasteiger partial charge is 0.332 e. The first-order valence-electron chi connectivity index (χ1n) is 2.88. The van der Waals surface area contributed by atoms with E-state index in [0.29, 0.717) is 0 Å². The van der Waals surface area contributed by atoms with E-state index in [2.05, 4.69) is 6.58 Å². The highest BCUT2D eigenvalue weighted by Crippen LogP contribution is 1.99. The summed E-state index contributed by atoms with van der Waals surface area (Å²) in [5.41, 5.74) is 5.23. The van der Waals surface area contributed by atoms with Crippen molar-refractivity contribution in [3.05, 3.63) is 12.2 Å². The summed E-state index contributed by atoms with van der Waals surface area (Å²) < 4.78 is 0. The number of aliphatic carboxylic acids is 1. The van der Waals surface area contributed by atoms with Crippen LogP contribution in [-0.4, -0.2) is 28.8 Å². The van der Waals surface area contributed by atoms with Crippen LogP contribution in [0.5, 0.6) is 0 Å². The van der Waals surface area contributed by atoms with E-state index in [1.165, 1.54) is 0 Å². The van der Waals surface area contributed by atoms with Crippen LogP contribution in [0.2, 0.25) is 0 Å². The Bertz CT molecular complexity index is 144. The average molecular weight is 145 g/mol. The molecule has 4 N–H and O–H groups in total. The predicted octanol–water partition coefficient (Wildman–Crippen LogP) is -0.663. The highest BCUT2D eigenvalue weighted by molar-refractivity contribution is 5.87. The summed E-state index contributed by atoms with van der Waals surface area (Å²) in [4.78, 5) is 10.2. The van der Waals surface area contributed by atoms with Crippen LogP contribution < -0.4 is 5.73 Å². The normalized spacial score (nSPS) is 12.6. The number of carboxylic acid groups (broad SMARTS) is 1. The number of hydrogen-bond donors (Lipinski definition) is 3. The quantitative estimate of drug-likeness (QED) is 0.458. The van der Waals surface area contributed by atoms with Gasteiger partial charge < -0.3 is 15.9 Å². The van der Waals surface area contributed by atoms with Gasteiger partial charge in [0, 0.05) is 18.2 Å². The fourth-order valence-electron chi connectivity index (χ4n) is 0.472. The van der Waals surface area contributed by atoms with Gasteiger partial charge in [-0.05, 0) is 6.42 Å². The summed E-state index contributed by atoms with van der Waals surface area (Å²) in [6.07, 6.45) is 0.241. The van der Waals surface area contributed by atoms with Crippen molar-refractivity contribution in [1.29, 1.82) is 0 Å². The molecule has 0 aliphatic heterocycles. The lowest BCUT2D eigenvalue weighted by Crippen LogP contribution is -2.27. The van der Waals surface area contributed by atoms with Crippen molar-refractivity contribution in [2.45, 2.75) is 12.5 Å². The summed E-state index contributed by atoms with van der Waals surface area (Å²) in [6.45, 7) is 3.12. The zero-order valence-corrected chi connectivity index (χ0v) is 5.58. The van der Waals surface area contributed by atoms with Gasteiger partial charge in [-0.2, -0.15) is 0 Å². The monoisotopic (exact) mass is 145 g/mol. The van der Waals surface area contributed by atoms with Gasteiger partial charge in [0.15, 0.2) is 0 Å². The Labute approximate surface area is 59.0 Å². The molecule has 0 aromatic rings. The molecule has 0 radical (unpaired) electrons. The minimum absolute atomic E-state index is 0.0611. The number of aliphatic hydroxyl groups excluding tert-OH is 1. The van der Waals surface area contributed by atoms with Crippen molar-refractivity contribution in [3.63, 3.8) is 0 Å². The van der Waals surface area contributed by atoms with Crippen LogP contribution in [0.3, 0.4) is 0 Å². The van der Waals surface area contributed by atoms with Crippen molar-refractivity contribution in [3.8, 4) is 0 Å². The maximum absolute atomic E-state index is 10.2. The van der Waals surface area contributed by atoms with E-state index in [1.807, 2.05) is 0 Å². The van der Waals surface area contributed by atoms with Crippen LogP contribution in [-0.2, 0) is 4.79 Å². The molecule has 0 aromatic carbocycles. The molecular weight excluding hydrogens is 134 g/mol. The Morgan fingerprint density at radius 2 is 2.20 bits per heavy atom. The molecule has 0 amide bonds. The minimum Gasteiger partial charge on any atom is -0.478 e. The Kier molecular flexibility index (Phi) is 3.68. The highest BCUT2D eigenvalue weighted by atomic mass is 16.4. The van der Waals surface area contributed by atoms with Gasteiger partial charge >= 0.3 is 5.97 Å². The SMILES string of the molecule is C=C(C(=O)O)C(N)CCO. The van der Waals surface area contributed by atoms with Crippen molar-refractivity contribution in [2.75, 3.05) is 6.61 Å². The largest absolute Gasteiger partial charge is 0.478 e. The van der Waals surface area contributed by atoms with Gasteiger partial charge in [0.25, 0.3) is 0 Å². The molecule has 0 saturated heterocycles. The van der Waals surface area contributed by atoms with E-state index in [-0.39, 0.29) is 18.6 Å². The molecule has 4 nitrogen and oxygen atoms in total. The van der Waals surface area contributed by atoms with Crippen LogP contribution in [0.25, 0.3) is 0 Å². The summed E-state index contributed by atoms with van der Waals surface area (Å²) in [6, 6.07) is -0.637. The Morgan fingerprint density at radius 1 is 1.70 bits per heavy atom. The zero-order valence-electron chi connectivity index (χ0n) is 5.58. The second-order valence-corrected chi connectivity index (χ2v) is 1.95. The summed E-state index contributed by atoms with van der Waals surface area (Å²) in [5.74, 6) is -1.11. The molecule has 1 atom stereocenters. The lowest BCUT2D eigenvalue weighted by molar-refractivity contribution is -0.132. The third-order valence-corrected chi connectivity index (χ3v) is 1.16. The third kappa shape index (κ3) is 2.61. The second kappa shape index (κ2) is 4.03. The molecule has 0 fully saturated rings. The maximum Gasteiger partial charge on any atom is 0.332 e. The van der Waals surface area contributed by atoms with Gasteiger partial charge in [0.05, 0.1) is 0 Å². The number of carbonyl (C=O) groups is 1. The molecule has 0 rings (SSSR count). The van der Waals surface area contributed by atoms with Crippen LogP contribution in [0, 0.1) is 0 Å². The molecule has 0 aliphatic rings. The number of aliphatic hydroxyl groups is 1. The van der Waals surface area contributed by atoms with Gasteiger partial charge in [-0.3, -0.25) is 0 Å². The Morgan fingerprint density at radius 3 is 2.50 bits per heavy atom. The fraction of sp³-hybridized carbons (Fsp3) is 0.500. The van der Waals surface area contributed by atoms with E-state index in [1.54, 1.807) is 0 Å². The van der Waals surface area contributed by atoms with Gasteiger partial charge in [-0.15, -0.1) is 0 Å². The Balaban J connectivity index is 3.82. The first-order chi connectivity index (χ1) is 4.59.